The maximum absolute atomic E-state index is 12.5. The van der Waals surface area contributed by atoms with Crippen molar-refractivity contribution in [3.05, 3.63) is 71.1 Å². The lowest BCUT2D eigenvalue weighted by atomic mass is 10.2. The highest BCUT2D eigenvalue weighted by Crippen LogP contribution is 2.37. The molecule has 0 radical (unpaired) electrons. The molecular weight excluding hydrogens is 382 g/mol. The topological polar surface area (TPSA) is 54.9 Å². The molecule has 0 saturated carbocycles. The molecule has 7 heteroatoms. The minimum absolute atomic E-state index is 0.144. The Morgan fingerprint density at radius 2 is 1.81 bits per heavy atom. The van der Waals surface area contributed by atoms with E-state index in [0.717, 1.165) is 14.4 Å². The van der Waals surface area contributed by atoms with Gasteiger partial charge in [0.25, 0.3) is 5.91 Å². The third-order valence-electron chi connectivity index (χ3n) is 3.82. The summed E-state index contributed by atoms with van der Waals surface area (Å²) < 4.78 is 1.94. The molecule has 2 aromatic heterocycles. The molecule has 0 bridgehead atoms. The van der Waals surface area contributed by atoms with Gasteiger partial charge in [-0.25, -0.2) is 0 Å². The molecule has 0 fully saturated rings. The van der Waals surface area contributed by atoms with Crippen molar-refractivity contribution in [3.8, 4) is 0 Å². The predicted molar refractivity (Wildman–Crippen MR) is 110 cm³/mol. The molecule has 0 aliphatic carbocycles. The number of fused-ring (bicyclic) bond motifs is 1. The number of thioether (sulfide) groups is 1. The summed E-state index contributed by atoms with van der Waals surface area (Å²) in [5.41, 5.74) is 1.24. The number of nitrogens with zero attached hydrogens (tertiary/aromatic N) is 2. The summed E-state index contributed by atoms with van der Waals surface area (Å²) in [5.74, 6) is -0.144. The normalized spacial score (nSPS) is 12.2. The molecule has 0 aliphatic rings. The molecule has 0 aliphatic heterocycles. The predicted octanol–water partition coefficient (Wildman–Crippen LogP) is 5.86. The van der Waals surface area contributed by atoms with E-state index in [4.69, 9.17) is 0 Å². The van der Waals surface area contributed by atoms with Crippen molar-refractivity contribution in [2.75, 3.05) is 5.32 Å². The van der Waals surface area contributed by atoms with Gasteiger partial charge in [-0.3, -0.25) is 10.1 Å². The van der Waals surface area contributed by atoms with Gasteiger partial charge in [-0.15, -0.1) is 21.5 Å². The first-order chi connectivity index (χ1) is 12.7. The Morgan fingerprint density at radius 1 is 1.04 bits per heavy atom. The van der Waals surface area contributed by atoms with Crippen LogP contribution in [0.15, 0.2) is 65.0 Å². The molecule has 1 N–H and O–H groups in total. The standard InChI is InChI=1S/C19H15N3OS3/c1-12(13-7-3-2-4-8-13)24-19-22-21-18(26-19)20-17(23)16-11-14-9-5-6-10-15(14)25-16/h2-12H,1H3,(H,20,21,23)/t12-/m0/s1. The van der Waals surface area contributed by atoms with Crippen molar-refractivity contribution in [1.29, 1.82) is 0 Å². The average Bonchev–Trinajstić information content (AvgIpc) is 3.29. The van der Waals surface area contributed by atoms with Gasteiger partial charge in [0.2, 0.25) is 5.13 Å². The summed E-state index contributed by atoms with van der Waals surface area (Å²) in [5, 5.41) is 13.0. The van der Waals surface area contributed by atoms with E-state index in [-0.39, 0.29) is 11.2 Å². The van der Waals surface area contributed by atoms with E-state index in [1.165, 1.54) is 28.2 Å². The second-order valence-electron chi connectivity index (χ2n) is 5.65. The molecule has 0 unspecified atom stereocenters. The van der Waals surface area contributed by atoms with Crippen LogP contribution in [-0.4, -0.2) is 16.1 Å². The second kappa shape index (κ2) is 7.57. The Balaban J connectivity index is 1.43. The van der Waals surface area contributed by atoms with Crippen LogP contribution < -0.4 is 5.32 Å². The number of hydrogen-bond donors (Lipinski definition) is 1. The van der Waals surface area contributed by atoms with Crippen LogP contribution in [0.2, 0.25) is 0 Å². The van der Waals surface area contributed by atoms with Crippen molar-refractivity contribution < 1.29 is 4.79 Å². The summed E-state index contributed by atoms with van der Waals surface area (Å²) in [6.45, 7) is 2.14. The number of nitrogens with one attached hydrogen (secondary N) is 1. The van der Waals surface area contributed by atoms with Crippen LogP contribution in [0.4, 0.5) is 5.13 Å². The van der Waals surface area contributed by atoms with E-state index in [2.05, 4.69) is 34.6 Å². The minimum Gasteiger partial charge on any atom is -0.296 e. The molecular formula is C19H15N3OS3. The molecule has 0 saturated heterocycles. The molecule has 2 heterocycles. The van der Waals surface area contributed by atoms with E-state index in [0.29, 0.717) is 10.0 Å². The monoisotopic (exact) mass is 397 g/mol. The quantitative estimate of drug-likeness (QED) is 0.339. The number of benzene rings is 2. The molecule has 4 aromatic rings. The summed E-state index contributed by atoms with van der Waals surface area (Å²) in [7, 11) is 0. The lowest BCUT2D eigenvalue weighted by Crippen LogP contribution is -2.09. The fourth-order valence-electron chi connectivity index (χ4n) is 2.50. The SMILES string of the molecule is C[C@H](Sc1nnc(NC(=O)c2cc3ccccc3s2)s1)c1ccccc1. The van der Waals surface area contributed by atoms with Crippen LogP contribution in [-0.2, 0) is 0 Å². The maximum atomic E-state index is 12.5. The number of carbonyl (C=O) groups excluding carboxylic acids is 1. The van der Waals surface area contributed by atoms with Gasteiger partial charge in [-0.2, -0.15) is 0 Å². The molecule has 26 heavy (non-hydrogen) atoms. The highest BCUT2D eigenvalue weighted by molar-refractivity contribution is 8.01. The van der Waals surface area contributed by atoms with Crippen LogP contribution >= 0.6 is 34.4 Å². The van der Waals surface area contributed by atoms with Gasteiger partial charge in [0.15, 0.2) is 4.34 Å². The largest absolute Gasteiger partial charge is 0.296 e. The zero-order chi connectivity index (χ0) is 17.9. The Kier molecular flexibility index (Phi) is 5.01. The average molecular weight is 398 g/mol. The third-order valence-corrected chi connectivity index (χ3v) is 7.02. The van der Waals surface area contributed by atoms with Crippen molar-refractivity contribution in [2.24, 2.45) is 0 Å². The van der Waals surface area contributed by atoms with Crippen LogP contribution in [0.3, 0.4) is 0 Å². The second-order valence-corrected chi connectivity index (χ2v) is 9.30. The zero-order valence-electron chi connectivity index (χ0n) is 13.9. The van der Waals surface area contributed by atoms with E-state index in [1.807, 2.05) is 48.5 Å². The van der Waals surface area contributed by atoms with Gasteiger partial charge in [0, 0.05) is 9.95 Å². The number of rotatable bonds is 5. The minimum atomic E-state index is -0.144. The van der Waals surface area contributed by atoms with Crippen LogP contribution in [0.1, 0.15) is 27.4 Å². The van der Waals surface area contributed by atoms with E-state index in [1.54, 1.807) is 11.8 Å². The van der Waals surface area contributed by atoms with Crippen molar-refractivity contribution in [3.63, 3.8) is 0 Å². The Bertz CT molecular complexity index is 1010. The maximum Gasteiger partial charge on any atom is 0.267 e. The van der Waals surface area contributed by atoms with Gasteiger partial charge in [-0.1, -0.05) is 71.6 Å². The van der Waals surface area contributed by atoms with Crippen molar-refractivity contribution in [1.82, 2.24) is 10.2 Å². The van der Waals surface area contributed by atoms with E-state index in [9.17, 15) is 4.79 Å². The highest BCUT2D eigenvalue weighted by Gasteiger charge is 2.15. The molecule has 2 aromatic carbocycles. The number of anilines is 1. The van der Waals surface area contributed by atoms with Gasteiger partial charge in [-0.05, 0) is 30.0 Å². The Hall–Kier alpha value is -2.22. The third kappa shape index (κ3) is 3.80. The van der Waals surface area contributed by atoms with Gasteiger partial charge < -0.3 is 0 Å². The number of amides is 1. The van der Waals surface area contributed by atoms with Gasteiger partial charge >= 0.3 is 0 Å². The lowest BCUT2D eigenvalue weighted by molar-refractivity contribution is 0.103. The van der Waals surface area contributed by atoms with Gasteiger partial charge in [0.1, 0.15) is 0 Å². The number of thiophene rings is 1. The van der Waals surface area contributed by atoms with Crippen molar-refractivity contribution >= 4 is 55.6 Å². The van der Waals surface area contributed by atoms with Crippen LogP contribution in [0.5, 0.6) is 0 Å². The fourth-order valence-corrected chi connectivity index (χ4v) is 5.48. The first-order valence-corrected chi connectivity index (χ1v) is 10.6. The first-order valence-electron chi connectivity index (χ1n) is 8.04. The molecule has 4 rings (SSSR count). The Morgan fingerprint density at radius 3 is 2.62 bits per heavy atom. The van der Waals surface area contributed by atoms with Crippen LogP contribution in [0.25, 0.3) is 10.1 Å². The smallest absolute Gasteiger partial charge is 0.267 e. The fraction of sp³-hybridized carbons (Fsp3) is 0.105. The molecule has 4 nitrogen and oxygen atoms in total. The van der Waals surface area contributed by atoms with E-state index < -0.39 is 0 Å². The lowest BCUT2D eigenvalue weighted by Gasteiger charge is -2.08. The highest BCUT2D eigenvalue weighted by atomic mass is 32.2. The van der Waals surface area contributed by atoms with Crippen LogP contribution in [0, 0.1) is 0 Å². The first kappa shape index (κ1) is 17.2. The van der Waals surface area contributed by atoms with Gasteiger partial charge in [0.05, 0.1) is 4.88 Å². The molecule has 0 spiro atoms. The summed E-state index contributed by atoms with van der Waals surface area (Å²) in [6, 6.07) is 20.1. The van der Waals surface area contributed by atoms with Crippen molar-refractivity contribution in [2.45, 2.75) is 16.5 Å². The summed E-state index contributed by atoms with van der Waals surface area (Å²) >= 11 is 4.52. The number of carbonyl (C=O) groups is 1. The van der Waals surface area contributed by atoms with E-state index >= 15 is 0 Å². The summed E-state index contributed by atoms with van der Waals surface area (Å²) in [4.78, 5) is 13.1. The molecule has 1 atom stereocenters. The zero-order valence-corrected chi connectivity index (χ0v) is 16.3. The number of aromatic nitrogens is 2. The molecule has 130 valence electrons. The Labute approximate surface area is 163 Å². The number of hydrogen-bond acceptors (Lipinski definition) is 6. The molecule has 1 amide bonds. The summed E-state index contributed by atoms with van der Waals surface area (Å²) in [6.07, 6.45) is 0.